The zero-order valence-corrected chi connectivity index (χ0v) is 15.8. The number of alkyl halides is 4. The fraction of sp³-hybridized carbons (Fsp3) is 0.438. The number of aliphatic imine (C=N–C) groups is 1. The van der Waals surface area contributed by atoms with E-state index in [9.17, 15) is 23.3 Å². The van der Waals surface area contributed by atoms with Gasteiger partial charge in [-0.2, -0.15) is 18.2 Å². The van der Waals surface area contributed by atoms with Gasteiger partial charge in [-0.15, -0.1) is 16.7 Å². The van der Waals surface area contributed by atoms with E-state index in [1.165, 1.54) is 0 Å². The molecule has 7 nitrogen and oxygen atoms in total. The highest BCUT2D eigenvalue weighted by Gasteiger charge is 2.35. The predicted molar refractivity (Wildman–Crippen MR) is 96.3 cm³/mol. The Bertz CT molecular complexity index is 978. The van der Waals surface area contributed by atoms with Crippen molar-refractivity contribution in [1.29, 1.82) is 0 Å². The smallest absolute Gasteiger partial charge is 0.258 e. The van der Waals surface area contributed by atoms with Crippen LogP contribution in [0, 0.1) is 16.0 Å². The van der Waals surface area contributed by atoms with E-state index in [0.717, 1.165) is 48.9 Å². The van der Waals surface area contributed by atoms with E-state index in [2.05, 4.69) is 15.1 Å². The molecule has 1 saturated carbocycles. The lowest BCUT2D eigenvalue weighted by atomic mass is 9.86. The number of nitrogens with zero attached hydrogens (tertiary/aromatic N) is 5. The van der Waals surface area contributed by atoms with Crippen LogP contribution in [-0.4, -0.2) is 30.8 Å². The zero-order chi connectivity index (χ0) is 20.1. The van der Waals surface area contributed by atoms with Gasteiger partial charge in [0.05, 0.1) is 27.3 Å². The number of hydrogen-bond acceptors (Lipinski definition) is 6. The van der Waals surface area contributed by atoms with E-state index in [-0.39, 0.29) is 21.3 Å². The van der Waals surface area contributed by atoms with Crippen LogP contribution in [0.15, 0.2) is 33.2 Å². The van der Waals surface area contributed by atoms with Gasteiger partial charge < -0.3 is 0 Å². The van der Waals surface area contributed by atoms with Crippen molar-refractivity contribution in [3.8, 4) is 0 Å². The number of nitro groups is 1. The number of aromatic nitrogens is 3. The van der Waals surface area contributed by atoms with Crippen LogP contribution >= 0.6 is 23.4 Å². The molecule has 1 aliphatic carbocycles. The molecule has 2 aliphatic rings. The third-order valence-electron chi connectivity index (χ3n) is 4.69. The summed E-state index contributed by atoms with van der Waals surface area (Å²) in [6.45, 7) is 0.569. The second kappa shape index (κ2) is 7.03. The highest BCUT2D eigenvalue weighted by Crippen LogP contribution is 2.40. The molecule has 1 aromatic heterocycles. The number of halogens is 4. The lowest BCUT2D eigenvalue weighted by Crippen LogP contribution is -2.34. The summed E-state index contributed by atoms with van der Waals surface area (Å²) in [5.74, 6) is 0.541. The van der Waals surface area contributed by atoms with Gasteiger partial charge in [0.1, 0.15) is 0 Å². The molecule has 1 fully saturated rings. The van der Waals surface area contributed by atoms with Crippen molar-refractivity contribution in [2.24, 2.45) is 10.9 Å². The van der Waals surface area contributed by atoms with Crippen LogP contribution in [0.3, 0.4) is 0 Å². The van der Waals surface area contributed by atoms with Crippen LogP contribution < -0.4 is 0 Å². The Hall–Kier alpha value is -2.14. The molecule has 12 heteroatoms. The van der Waals surface area contributed by atoms with E-state index in [4.69, 9.17) is 11.6 Å². The Balaban J connectivity index is 1.64. The lowest BCUT2D eigenvalue weighted by Gasteiger charge is -2.30. The number of fused-ring (bicyclic) bond motifs is 2. The molecule has 2 heterocycles. The molecule has 1 aromatic carbocycles. The van der Waals surface area contributed by atoms with E-state index in [1.54, 1.807) is 4.68 Å². The summed E-state index contributed by atoms with van der Waals surface area (Å²) in [7, 11) is 0. The summed E-state index contributed by atoms with van der Waals surface area (Å²) in [6, 6.07) is 2.38. The van der Waals surface area contributed by atoms with Crippen molar-refractivity contribution >= 4 is 40.7 Å². The minimum absolute atomic E-state index is 0.0289. The van der Waals surface area contributed by atoms with Crippen molar-refractivity contribution < 1.29 is 18.1 Å². The van der Waals surface area contributed by atoms with Crippen LogP contribution in [0.4, 0.5) is 24.8 Å². The first kappa shape index (κ1) is 19.2. The van der Waals surface area contributed by atoms with Gasteiger partial charge in [0, 0.05) is 17.7 Å². The number of hydrogen-bond donors (Lipinski definition) is 0. The second-order valence-corrected chi connectivity index (χ2v) is 8.08. The van der Waals surface area contributed by atoms with E-state index in [1.807, 2.05) is 0 Å². The van der Waals surface area contributed by atoms with Gasteiger partial charge in [0.2, 0.25) is 11.1 Å². The van der Waals surface area contributed by atoms with Crippen LogP contribution in [-0.2, 0) is 12.7 Å². The predicted octanol–water partition coefficient (Wildman–Crippen LogP) is 4.85. The SMILES string of the molecule is O=[N+]([O-])c1cc(C(F)(F)F)ccc1Sc1nc2n(n1)CC1CCCC(Cl)C1=N2. The Morgan fingerprint density at radius 3 is 2.82 bits per heavy atom. The molecule has 148 valence electrons. The largest absolute Gasteiger partial charge is 0.416 e. The highest BCUT2D eigenvalue weighted by atomic mass is 35.5. The number of nitro benzene ring substituents is 1. The summed E-state index contributed by atoms with van der Waals surface area (Å²) < 4.78 is 40.1. The number of rotatable bonds is 3. The molecular weight excluding hydrogens is 419 g/mol. The normalized spacial score (nSPS) is 21.6. The van der Waals surface area contributed by atoms with Crippen molar-refractivity contribution in [2.45, 2.75) is 47.4 Å². The summed E-state index contributed by atoms with van der Waals surface area (Å²) >= 11 is 7.18. The zero-order valence-electron chi connectivity index (χ0n) is 14.2. The fourth-order valence-electron chi connectivity index (χ4n) is 3.35. The maximum atomic E-state index is 12.8. The molecule has 0 saturated heterocycles. The Kier molecular flexibility index (Phi) is 4.82. The van der Waals surface area contributed by atoms with E-state index < -0.39 is 22.4 Å². The molecule has 0 N–H and O–H groups in total. The topological polar surface area (TPSA) is 86.2 Å². The molecule has 0 radical (unpaired) electrons. The second-order valence-electron chi connectivity index (χ2n) is 6.55. The van der Waals surface area contributed by atoms with Crippen LogP contribution in [0.25, 0.3) is 0 Å². The van der Waals surface area contributed by atoms with Crippen LogP contribution in [0.1, 0.15) is 24.8 Å². The first-order valence-corrected chi connectivity index (χ1v) is 9.68. The monoisotopic (exact) mass is 431 g/mol. The van der Waals surface area contributed by atoms with Gasteiger partial charge in [-0.05, 0) is 36.7 Å². The lowest BCUT2D eigenvalue weighted by molar-refractivity contribution is -0.388. The molecule has 0 amide bonds. The van der Waals surface area contributed by atoms with E-state index in [0.29, 0.717) is 18.6 Å². The van der Waals surface area contributed by atoms with Gasteiger partial charge in [0.25, 0.3) is 5.69 Å². The van der Waals surface area contributed by atoms with Crippen molar-refractivity contribution in [2.75, 3.05) is 0 Å². The Morgan fingerprint density at radius 2 is 2.11 bits per heavy atom. The molecule has 4 rings (SSSR count). The summed E-state index contributed by atoms with van der Waals surface area (Å²) in [6.07, 6.45) is -1.86. The molecule has 2 unspecified atom stereocenters. The standard InChI is InChI=1S/C16H13ClF3N5O2S/c17-10-3-1-2-8-7-24-14(21-13(8)10)22-15(23-24)28-12-5-4-9(16(18,19)20)6-11(12)25(26)27/h4-6,8,10H,1-3,7H2. The minimum atomic E-state index is -4.66. The molecule has 0 spiro atoms. The van der Waals surface area contributed by atoms with Gasteiger partial charge >= 0.3 is 6.18 Å². The van der Waals surface area contributed by atoms with Crippen LogP contribution in [0.2, 0.25) is 0 Å². The maximum Gasteiger partial charge on any atom is 0.416 e. The molecule has 28 heavy (non-hydrogen) atoms. The average molecular weight is 432 g/mol. The minimum Gasteiger partial charge on any atom is -0.258 e. The fourth-order valence-corrected chi connectivity index (χ4v) is 4.57. The van der Waals surface area contributed by atoms with Crippen molar-refractivity contribution in [1.82, 2.24) is 14.8 Å². The molecule has 1 aliphatic heterocycles. The Labute approximate surface area is 166 Å². The Morgan fingerprint density at radius 1 is 1.32 bits per heavy atom. The molecule has 2 aromatic rings. The van der Waals surface area contributed by atoms with Crippen LogP contribution in [0.5, 0.6) is 0 Å². The first-order chi connectivity index (χ1) is 13.2. The maximum absolute atomic E-state index is 12.8. The number of benzene rings is 1. The van der Waals surface area contributed by atoms with Crippen molar-refractivity contribution in [3.05, 3.63) is 33.9 Å². The third kappa shape index (κ3) is 3.60. The summed E-state index contributed by atoms with van der Waals surface area (Å²) in [5.41, 5.74) is -0.845. The first-order valence-electron chi connectivity index (χ1n) is 8.43. The van der Waals surface area contributed by atoms with Gasteiger partial charge in [0.15, 0.2) is 0 Å². The molecular formula is C16H13ClF3N5O2S. The third-order valence-corrected chi connectivity index (χ3v) is 6.05. The van der Waals surface area contributed by atoms with Gasteiger partial charge in [-0.25, -0.2) is 9.67 Å². The van der Waals surface area contributed by atoms with Gasteiger partial charge in [-0.1, -0.05) is 6.42 Å². The average Bonchev–Trinajstić information content (AvgIpc) is 3.01. The van der Waals surface area contributed by atoms with Crippen molar-refractivity contribution in [3.63, 3.8) is 0 Å². The molecule has 2 atom stereocenters. The highest BCUT2D eigenvalue weighted by molar-refractivity contribution is 7.99. The quantitative estimate of drug-likeness (QED) is 0.394. The van der Waals surface area contributed by atoms with Gasteiger partial charge in [-0.3, -0.25) is 10.1 Å². The molecule has 0 bridgehead atoms. The summed E-state index contributed by atoms with van der Waals surface area (Å²) in [4.78, 5) is 19.2. The van der Waals surface area contributed by atoms with E-state index >= 15 is 0 Å². The summed E-state index contributed by atoms with van der Waals surface area (Å²) in [5, 5.41) is 15.6.